The quantitative estimate of drug-likeness (QED) is 0.443. The maximum Gasteiger partial charge on any atom is 0.186 e. The summed E-state index contributed by atoms with van der Waals surface area (Å²) in [4.78, 5) is 10.8. The summed E-state index contributed by atoms with van der Waals surface area (Å²) < 4.78 is 17.3. The van der Waals surface area contributed by atoms with E-state index in [1.807, 2.05) is 55.6 Å². The third-order valence-electron chi connectivity index (χ3n) is 5.61. The van der Waals surface area contributed by atoms with Crippen molar-refractivity contribution < 1.29 is 19.0 Å². The largest absolute Gasteiger partial charge is 0.497 e. The lowest BCUT2D eigenvalue weighted by Gasteiger charge is -2.30. The van der Waals surface area contributed by atoms with Crippen molar-refractivity contribution >= 4 is 8.32 Å². The molecule has 0 bridgehead atoms. The molecule has 29 heavy (non-hydrogen) atoms. The normalized spacial score (nSPS) is 19.2. The number of allylic oxidation sites excluding steroid dienone is 1. The molecule has 0 fully saturated rings. The molecule has 2 atom stereocenters. The Bertz CT molecular complexity index is 781. The average molecular weight is 413 g/mol. The fourth-order valence-electron chi connectivity index (χ4n) is 3.91. The van der Waals surface area contributed by atoms with Crippen LogP contribution in [0, 0.1) is 5.92 Å². The number of benzene rings is 2. The summed E-state index contributed by atoms with van der Waals surface area (Å²) in [5.41, 5.74) is 3.82. The average Bonchev–Trinajstić information content (AvgIpc) is 3.13. The first-order chi connectivity index (χ1) is 14.0. The van der Waals surface area contributed by atoms with Crippen molar-refractivity contribution in [2.75, 3.05) is 20.3 Å². The van der Waals surface area contributed by atoms with Crippen LogP contribution in [-0.4, -0.2) is 33.4 Å². The van der Waals surface area contributed by atoms with Crippen molar-refractivity contribution in [3.05, 3.63) is 77.4 Å². The molecule has 2 aromatic carbocycles. The number of rotatable bonds is 10. The zero-order valence-electron chi connectivity index (χ0n) is 17.6. The van der Waals surface area contributed by atoms with Gasteiger partial charge < -0.3 is 19.0 Å². The second-order valence-electron chi connectivity index (χ2n) is 8.22. The van der Waals surface area contributed by atoms with E-state index in [2.05, 4.69) is 18.2 Å². The zero-order valence-corrected chi connectivity index (χ0v) is 18.6. The van der Waals surface area contributed by atoms with Gasteiger partial charge in [0.2, 0.25) is 0 Å². The molecule has 3 rings (SSSR count). The van der Waals surface area contributed by atoms with Gasteiger partial charge in [0.1, 0.15) is 5.75 Å². The second-order valence-corrected chi connectivity index (χ2v) is 12.3. The van der Waals surface area contributed by atoms with Gasteiger partial charge in [-0.15, -0.1) is 0 Å². The van der Waals surface area contributed by atoms with E-state index in [9.17, 15) is 4.80 Å². The summed E-state index contributed by atoms with van der Waals surface area (Å²) in [6.45, 7) is 6.40. The molecule has 1 unspecified atom stereocenters. The molecule has 0 saturated carbocycles. The van der Waals surface area contributed by atoms with E-state index in [-0.39, 0.29) is 11.5 Å². The van der Waals surface area contributed by atoms with Gasteiger partial charge in [0.15, 0.2) is 8.32 Å². The molecule has 0 spiro atoms. The van der Waals surface area contributed by atoms with E-state index in [0.29, 0.717) is 26.4 Å². The minimum absolute atomic E-state index is 0.223. The molecule has 0 aliphatic heterocycles. The number of hydrogen-bond donors (Lipinski definition) is 1. The predicted molar refractivity (Wildman–Crippen MR) is 118 cm³/mol. The number of hydrogen-bond acceptors (Lipinski definition) is 4. The lowest BCUT2D eigenvalue weighted by Crippen LogP contribution is -2.37. The van der Waals surface area contributed by atoms with E-state index in [4.69, 9.17) is 14.2 Å². The number of ether oxygens (including phenoxy) is 3. The van der Waals surface area contributed by atoms with Crippen molar-refractivity contribution in [2.24, 2.45) is 5.92 Å². The molecule has 0 aromatic heterocycles. The van der Waals surface area contributed by atoms with Crippen LogP contribution in [0.3, 0.4) is 0 Å². The maximum atomic E-state index is 10.8. The smallest absolute Gasteiger partial charge is 0.186 e. The van der Waals surface area contributed by atoms with Crippen LogP contribution in [-0.2, 0) is 22.7 Å². The van der Waals surface area contributed by atoms with Crippen molar-refractivity contribution in [2.45, 2.75) is 38.3 Å². The van der Waals surface area contributed by atoms with Gasteiger partial charge in [-0.05, 0) is 53.9 Å². The standard InChI is InChI=1S/C24H32O4Si/c1-26-22-12-9-20(10-13-22)16-27-17-21-11-14-24(29(2,3)25)23(21)18-28-15-19-7-5-4-6-8-19/h4-13,23-25H,14-18H2,1-3H3/t23-,24?/m0/s1. The Morgan fingerprint density at radius 1 is 0.897 bits per heavy atom. The van der Waals surface area contributed by atoms with E-state index in [1.165, 1.54) is 11.1 Å². The maximum absolute atomic E-state index is 10.8. The Kier molecular flexibility index (Phi) is 7.67. The molecule has 5 heteroatoms. The van der Waals surface area contributed by atoms with Crippen LogP contribution in [0.25, 0.3) is 0 Å². The lowest BCUT2D eigenvalue weighted by atomic mass is 10.0. The van der Waals surface area contributed by atoms with E-state index in [0.717, 1.165) is 17.7 Å². The second kappa shape index (κ2) is 10.2. The van der Waals surface area contributed by atoms with Gasteiger partial charge in [0.05, 0.1) is 33.5 Å². The van der Waals surface area contributed by atoms with Gasteiger partial charge in [0.25, 0.3) is 0 Å². The Morgan fingerprint density at radius 3 is 2.21 bits per heavy atom. The topological polar surface area (TPSA) is 47.9 Å². The minimum Gasteiger partial charge on any atom is -0.497 e. The zero-order chi connectivity index (χ0) is 20.7. The fourth-order valence-corrected chi connectivity index (χ4v) is 5.90. The molecule has 156 valence electrons. The molecule has 0 radical (unpaired) electrons. The molecule has 0 saturated heterocycles. The van der Waals surface area contributed by atoms with Crippen LogP contribution >= 0.6 is 0 Å². The lowest BCUT2D eigenvalue weighted by molar-refractivity contribution is 0.0834. The Hall–Kier alpha value is -1.92. The molecule has 1 aliphatic rings. The van der Waals surface area contributed by atoms with Crippen LogP contribution in [0.15, 0.2) is 66.2 Å². The first-order valence-corrected chi connectivity index (χ1v) is 13.2. The highest BCUT2D eigenvalue weighted by Crippen LogP contribution is 2.42. The molecule has 1 N–H and O–H groups in total. The monoisotopic (exact) mass is 412 g/mol. The number of methoxy groups -OCH3 is 1. The van der Waals surface area contributed by atoms with Crippen molar-refractivity contribution in [1.29, 1.82) is 0 Å². The minimum atomic E-state index is -2.27. The first-order valence-electron chi connectivity index (χ1n) is 10.2. The SMILES string of the molecule is COc1ccc(COCC2=CCC([Si](C)(C)O)[C@H]2COCc2ccccc2)cc1. The third kappa shape index (κ3) is 6.28. The van der Waals surface area contributed by atoms with Crippen LogP contribution in [0.4, 0.5) is 0 Å². The van der Waals surface area contributed by atoms with Crippen molar-refractivity contribution in [1.82, 2.24) is 0 Å². The van der Waals surface area contributed by atoms with E-state index >= 15 is 0 Å². The molecular weight excluding hydrogens is 380 g/mol. The van der Waals surface area contributed by atoms with E-state index < -0.39 is 8.32 Å². The summed E-state index contributed by atoms with van der Waals surface area (Å²) in [6, 6.07) is 18.2. The summed E-state index contributed by atoms with van der Waals surface area (Å²) >= 11 is 0. The molecule has 0 heterocycles. The molecule has 0 amide bonds. The van der Waals surface area contributed by atoms with Gasteiger partial charge >= 0.3 is 0 Å². The van der Waals surface area contributed by atoms with Crippen LogP contribution in [0.5, 0.6) is 5.75 Å². The highest BCUT2D eigenvalue weighted by Gasteiger charge is 2.40. The Morgan fingerprint density at radius 2 is 1.55 bits per heavy atom. The van der Waals surface area contributed by atoms with Crippen molar-refractivity contribution in [3.63, 3.8) is 0 Å². The van der Waals surface area contributed by atoms with Gasteiger partial charge in [-0.2, -0.15) is 0 Å². The Labute approximate surface area is 175 Å². The Balaban J connectivity index is 1.54. The van der Waals surface area contributed by atoms with Gasteiger partial charge in [0, 0.05) is 5.92 Å². The molecule has 4 nitrogen and oxygen atoms in total. The molecular formula is C24H32O4Si. The molecule has 2 aromatic rings. The highest BCUT2D eigenvalue weighted by molar-refractivity contribution is 6.71. The summed E-state index contributed by atoms with van der Waals surface area (Å²) in [5, 5.41) is 0. The highest BCUT2D eigenvalue weighted by atomic mass is 28.4. The fraction of sp³-hybridized carbons (Fsp3) is 0.417. The first kappa shape index (κ1) is 21.8. The van der Waals surface area contributed by atoms with Crippen LogP contribution < -0.4 is 4.74 Å². The van der Waals surface area contributed by atoms with Crippen LogP contribution in [0.1, 0.15) is 17.5 Å². The summed E-state index contributed by atoms with van der Waals surface area (Å²) in [5.74, 6) is 1.07. The van der Waals surface area contributed by atoms with Gasteiger partial charge in [-0.1, -0.05) is 48.5 Å². The summed E-state index contributed by atoms with van der Waals surface area (Å²) in [6.07, 6.45) is 3.16. The molecule has 1 aliphatic carbocycles. The third-order valence-corrected chi connectivity index (χ3v) is 8.06. The van der Waals surface area contributed by atoms with Gasteiger partial charge in [-0.25, -0.2) is 0 Å². The van der Waals surface area contributed by atoms with Crippen molar-refractivity contribution in [3.8, 4) is 5.75 Å². The van der Waals surface area contributed by atoms with Gasteiger partial charge in [-0.3, -0.25) is 0 Å². The van der Waals surface area contributed by atoms with E-state index in [1.54, 1.807) is 7.11 Å². The summed E-state index contributed by atoms with van der Waals surface area (Å²) in [7, 11) is -0.606. The van der Waals surface area contributed by atoms with Crippen LogP contribution in [0.2, 0.25) is 18.6 Å². The predicted octanol–water partition coefficient (Wildman–Crippen LogP) is 4.94.